The Bertz CT molecular complexity index is 1320. The van der Waals surface area contributed by atoms with E-state index in [1.807, 2.05) is 66.7 Å². The van der Waals surface area contributed by atoms with E-state index in [1.165, 1.54) is 20.4 Å². The summed E-state index contributed by atoms with van der Waals surface area (Å²) in [5.74, 6) is -1.59. The molecule has 1 aromatic heterocycles. The number of nitrogens with zero attached hydrogens (tertiary/aromatic N) is 2. The Labute approximate surface area is 190 Å². The summed E-state index contributed by atoms with van der Waals surface area (Å²) >= 11 is 0. The van der Waals surface area contributed by atoms with E-state index in [2.05, 4.69) is 14.8 Å². The van der Waals surface area contributed by atoms with Gasteiger partial charge in [0.2, 0.25) is 0 Å². The molecule has 0 aliphatic carbocycles. The Kier molecular flexibility index (Phi) is 6.40. The van der Waals surface area contributed by atoms with Crippen molar-refractivity contribution in [2.45, 2.75) is 0 Å². The van der Waals surface area contributed by atoms with E-state index in [-0.39, 0.29) is 5.57 Å². The Balaban J connectivity index is 1.79. The SMILES string of the molecule is COC(=O)C(=CNc1ccc2nc(-c3ccccc3)c(-c3ccccc3)nc2c1)C(=O)OC. The fraction of sp³-hybridized carbons (Fsp3) is 0.0769. The second kappa shape index (κ2) is 9.74. The van der Waals surface area contributed by atoms with Crippen LogP contribution in [0.2, 0.25) is 0 Å². The van der Waals surface area contributed by atoms with Gasteiger partial charge in [-0.05, 0) is 18.2 Å². The smallest absolute Gasteiger partial charge is 0.346 e. The molecule has 7 heteroatoms. The molecule has 33 heavy (non-hydrogen) atoms. The third-order valence-electron chi connectivity index (χ3n) is 4.95. The molecule has 1 N–H and O–H groups in total. The predicted octanol–water partition coefficient (Wildman–Crippen LogP) is 4.61. The molecule has 1 heterocycles. The number of carbonyl (C=O) groups is 2. The zero-order chi connectivity index (χ0) is 23.2. The third-order valence-corrected chi connectivity index (χ3v) is 4.95. The third kappa shape index (κ3) is 4.72. The van der Waals surface area contributed by atoms with Gasteiger partial charge in [0.15, 0.2) is 5.57 Å². The van der Waals surface area contributed by atoms with E-state index < -0.39 is 11.9 Å². The number of ether oxygens (including phenoxy) is 2. The lowest BCUT2D eigenvalue weighted by molar-refractivity contribution is -0.144. The first-order valence-corrected chi connectivity index (χ1v) is 10.2. The lowest BCUT2D eigenvalue weighted by Gasteiger charge is -2.11. The molecule has 0 aliphatic heterocycles. The van der Waals surface area contributed by atoms with Gasteiger partial charge >= 0.3 is 11.9 Å². The van der Waals surface area contributed by atoms with Crippen LogP contribution in [-0.4, -0.2) is 36.1 Å². The zero-order valence-corrected chi connectivity index (χ0v) is 18.1. The number of hydrogen-bond donors (Lipinski definition) is 1. The summed E-state index contributed by atoms with van der Waals surface area (Å²) in [5, 5.41) is 2.94. The number of esters is 2. The molecule has 0 atom stereocenters. The molecule has 0 amide bonds. The van der Waals surface area contributed by atoms with Crippen molar-refractivity contribution >= 4 is 28.7 Å². The number of carbonyl (C=O) groups excluding carboxylic acids is 2. The molecule has 164 valence electrons. The summed E-state index contributed by atoms with van der Waals surface area (Å²) in [4.78, 5) is 33.5. The number of methoxy groups -OCH3 is 2. The maximum atomic E-state index is 11.9. The molecule has 0 spiro atoms. The fourth-order valence-corrected chi connectivity index (χ4v) is 3.32. The molecule has 0 saturated heterocycles. The van der Waals surface area contributed by atoms with Gasteiger partial charge in [0.1, 0.15) is 0 Å². The lowest BCUT2D eigenvalue weighted by atomic mass is 10.0. The van der Waals surface area contributed by atoms with Crippen LogP contribution in [0.3, 0.4) is 0 Å². The standard InChI is InChI=1S/C26H21N3O4/c1-32-25(30)20(26(31)33-2)16-27-19-13-14-21-22(15-19)29-24(18-11-7-4-8-12-18)23(28-21)17-9-5-3-6-10-17/h3-16,27H,1-2H3. The first-order valence-electron chi connectivity index (χ1n) is 10.2. The Morgan fingerprint density at radius 3 is 1.76 bits per heavy atom. The maximum absolute atomic E-state index is 11.9. The summed E-state index contributed by atoms with van der Waals surface area (Å²) < 4.78 is 9.29. The number of aromatic nitrogens is 2. The Morgan fingerprint density at radius 1 is 0.727 bits per heavy atom. The second-order valence-electron chi connectivity index (χ2n) is 7.04. The van der Waals surface area contributed by atoms with E-state index in [4.69, 9.17) is 9.97 Å². The van der Waals surface area contributed by atoms with E-state index in [0.29, 0.717) is 16.7 Å². The molecule has 0 fully saturated rings. The Hall–Kier alpha value is -4.52. The van der Waals surface area contributed by atoms with Gasteiger partial charge in [-0.15, -0.1) is 0 Å². The minimum absolute atomic E-state index is 0.254. The van der Waals surface area contributed by atoms with E-state index in [9.17, 15) is 9.59 Å². The van der Waals surface area contributed by atoms with Gasteiger partial charge in [0.25, 0.3) is 0 Å². The largest absolute Gasteiger partial charge is 0.465 e. The number of benzene rings is 3. The van der Waals surface area contributed by atoms with Crippen molar-refractivity contribution in [1.29, 1.82) is 0 Å². The molecular weight excluding hydrogens is 418 g/mol. The molecule has 3 aromatic carbocycles. The topological polar surface area (TPSA) is 90.4 Å². The van der Waals surface area contributed by atoms with Crippen molar-refractivity contribution in [3.05, 3.63) is 90.6 Å². The number of rotatable bonds is 6. The summed E-state index contributed by atoms with van der Waals surface area (Å²) in [5.41, 5.74) is 5.19. The number of nitrogens with one attached hydrogen (secondary N) is 1. The molecule has 0 unspecified atom stereocenters. The van der Waals surface area contributed by atoms with Crippen molar-refractivity contribution < 1.29 is 19.1 Å². The van der Waals surface area contributed by atoms with Gasteiger partial charge in [-0.3, -0.25) is 0 Å². The van der Waals surface area contributed by atoms with Gasteiger partial charge in [0, 0.05) is 23.0 Å². The van der Waals surface area contributed by atoms with Crippen LogP contribution in [-0.2, 0) is 19.1 Å². The Morgan fingerprint density at radius 2 is 1.24 bits per heavy atom. The highest BCUT2D eigenvalue weighted by atomic mass is 16.5. The minimum atomic E-state index is -0.797. The number of anilines is 1. The molecule has 4 rings (SSSR count). The molecular formula is C26H21N3O4. The monoisotopic (exact) mass is 439 g/mol. The summed E-state index contributed by atoms with van der Waals surface area (Å²) in [6, 6.07) is 25.2. The van der Waals surface area contributed by atoms with Crippen LogP contribution < -0.4 is 5.32 Å². The van der Waals surface area contributed by atoms with Gasteiger partial charge < -0.3 is 14.8 Å². The van der Waals surface area contributed by atoms with Gasteiger partial charge in [-0.2, -0.15) is 0 Å². The molecule has 7 nitrogen and oxygen atoms in total. The highest BCUT2D eigenvalue weighted by Crippen LogP contribution is 2.31. The first kappa shape index (κ1) is 21.7. The van der Waals surface area contributed by atoms with Crippen molar-refractivity contribution in [3.63, 3.8) is 0 Å². The van der Waals surface area contributed by atoms with Crippen LogP contribution in [0.1, 0.15) is 0 Å². The van der Waals surface area contributed by atoms with E-state index >= 15 is 0 Å². The van der Waals surface area contributed by atoms with E-state index in [1.54, 1.807) is 12.1 Å². The molecule has 4 aromatic rings. The van der Waals surface area contributed by atoms with Crippen molar-refractivity contribution in [2.75, 3.05) is 19.5 Å². The van der Waals surface area contributed by atoms with Gasteiger partial charge in [0.05, 0.1) is 36.6 Å². The fourth-order valence-electron chi connectivity index (χ4n) is 3.32. The van der Waals surface area contributed by atoms with Crippen LogP contribution >= 0.6 is 0 Å². The minimum Gasteiger partial charge on any atom is -0.465 e. The second-order valence-corrected chi connectivity index (χ2v) is 7.04. The van der Waals surface area contributed by atoms with Gasteiger partial charge in [-0.25, -0.2) is 19.6 Å². The average Bonchev–Trinajstić information content (AvgIpc) is 2.88. The van der Waals surface area contributed by atoms with Crippen molar-refractivity contribution in [2.24, 2.45) is 0 Å². The quantitative estimate of drug-likeness (QED) is 0.203. The first-order chi connectivity index (χ1) is 16.1. The lowest BCUT2D eigenvalue weighted by Crippen LogP contribution is -2.17. The van der Waals surface area contributed by atoms with E-state index in [0.717, 1.165) is 22.5 Å². The van der Waals surface area contributed by atoms with Crippen LogP contribution in [0.25, 0.3) is 33.5 Å². The normalized spacial score (nSPS) is 10.4. The van der Waals surface area contributed by atoms with Crippen molar-refractivity contribution in [3.8, 4) is 22.5 Å². The van der Waals surface area contributed by atoms with Crippen molar-refractivity contribution in [1.82, 2.24) is 9.97 Å². The molecule has 0 bridgehead atoms. The highest BCUT2D eigenvalue weighted by molar-refractivity contribution is 6.14. The van der Waals surface area contributed by atoms with Crippen LogP contribution in [0, 0.1) is 0 Å². The summed E-state index contributed by atoms with van der Waals surface area (Å²) in [6.45, 7) is 0. The molecule has 0 saturated carbocycles. The van der Waals surface area contributed by atoms with Crippen LogP contribution in [0.4, 0.5) is 5.69 Å². The van der Waals surface area contributed by atoms with Crippen LogP contribution in [0.15, 0.2) is 90.6 Å². The highest BCUT2D eigenvalue weighted by Gasteiger charge is 2.19. The number of fused-ring (bicyclic) bond motifs is 1. The predicted molar refractivity (Wildman–Crippen MR) is 126 cm³/mol. The molecule has 0 radical (unpaired) electrons. The van der Waals surface area contributed by atoms with Crippen LogP contribution in [0.5, 0.6) is 0 Å². The maximum Gasteiger partial charge on any atom is 0.346 e. The molecule has 0 aliphatic rings. The number of hydrogen-bond acceptors (Lipinski definition) is 7. The summed E-state index contributed by atoms with van der Waals surface area (Å²) in [7, 11) is 2.39. The van der Waals surface area contributed by atoms with Gasteiger partial charge in [-0.1, -0.05) is 60.7 Å². The summed E-state index contributed by atoms with van der Waals surface area (Å²) in [6.07, 6.45) is 1.25. The zero-order valence-electron chi connectivity index (χ0n) is 18.1. The average molecular weight is 439 g/mol.